The molecule has 0 bridgehead atoms. The number of nitrogens with two attached hydrogens (primary N) is 1. The molecule has 2 amide bonds. The van der Waals surface area contributed by atoms with E-state index in [9.17, 15) is 9.59 Å². The highest BCUT2D eigenvalue weighted by molar-refractivity contribution is 5.88. The van der Waals surface area contributed by atoms with E-state index >= 15 is 0 Å². The Bertz CT molecular complexity index is 564. The molecule has 0 heterocycles. The Labute approximate surface area is 131 Å². The first-order chi connectivity index (χ1) is 10.7. The second-order valence-electron chi connectivity index (χ2n) is 6.51. The van der Waals surface area contributed by atoms with Crippen molar-refractivity contribution in [2.24, 2.45) is 5.73 Å². The summed E-state index contributed by atoms with van der Waals surface area (Å²) < 4.78 is 0. The van der Waals surface area contributed by atoms with Crippen LogP contribution in [-0.2, 0) is 16.0 Å². The van der Waals surface area contributed by atoms with E-state index in [0.717, 1.165) is 50.5 Å². The lowest BCUT2D eigenvalue weighted by molar-refractivity contribution is -0.139. The van der Waals surface area contributed by atoms with Crippen molar-refractivity contribution in [2.45, 2.75) is 56.9 Å². The van der Waals surface area contributed by atoms with E-state index in [1.807, 2.05) is 12.1 Å². The number of hydrogen-bond acceptors (Lipinski definition) is 2. The van der Waals surface area contributed by atoms with Crippen LogP contribution in [0.25, 0.3) is 0 Å². The van der Waals surface area contributed by atoms with Gasteiger partial charge >= 0.3 is 0 Å². The molecule has 4 nitrogen and oxygen atoms in total. The van der Waals surface area contributed by atoms with Crippen LogP contribution in [0.2, 0.25) is 0 Å². The monoisotopic (exact) mass is 300 g/mol. The molecule has 22 heavy (non-hydrogen) atoms. The van der Waals surface area contributed by atoms with Gasteiger partial charge < -0.3 is 10.6 Å². The molecule has 4 heteroatoms. The van der Waals surface area contributed by atoms with E-state index in [4.69, 9.17) is 5.73 Å². The van der Waals surface area contributed by atoms with Crippen molar-refractivity contribution < 1.29 is 9.59 Å². The molecule has 2 aliphatic rings. The van der Waals surface area contributed by atoms with Gasteiger partial charge in [-0.3, -0.25) is 9.59 Å². The predicted molar refractivity (Wildman–Crippen MR) is 85.3 cm³/mol. The number of benzene rings is 1. The van der Waals surface area contributed by atoms with Crippen LogP contribution in [0.15, 0.2) is 24.3 Å². The minimum Gasteiger partial charge on any atom is -0.368 e. The maximum Gasteiger partial charge on any atom is 0.237 e. The van der Waals surface area contributed by atoms with Crippen LogP contribution in [0.1, 0.15) is 55.6 Å². The van der Waals surface area contributed by atoms with Gasteiger partial charge in [0.2, 0.25) is 11.8 Å². The number of nitrogens with zero attached hydrogens (tertiary/aromatic N) is 1. The molecular weight excluding hydrogens is 276 g/mol. The van der Waals surface area contributed by atoms with Crippen LogP contribution in [0, 0.1) is 0 Å². The third kappa shape index (κ3) is 3.01. The summed E-state index contributed by atoms with van der Waals surface area (Å²) in [5.74, 6) is -0.424. The maximum absolute atomic E-state index is 13.1. The summed E-state index contributed by atoms with van der Waals surface area (Å²) in [4.78, 5) is 26.3. The number of amides is 2. The smallest absolute Gasteiger partial charge is 0.237 e. The molecular formula is C18H24N2O2. The summed E-state index contributed by atoms with van der Waals surface area (Å²) in [7, 11) is 0. The van der Waals surface area contributed by atoms with Crippen LogP contribution in [0.3, 0.4) is 0 Å². The SMILES string of the molecule is NC(=O)CN(C(=O)C1CCCc2ccccc21)C1CCCC1. The largest absolute Gasteiger partial charge is 0.368 e. The molecule has 0 aliphatic heterocycles. The van der Waals surface area contributed by atoms with Crippen LogP contribution in [-0.4, -0.2) is 29.3 Å². The topological polar surface area (TPSA) is 63.4 Å². The average molecular weight is 300 g/mol. The summed E-state index contributed by atoms with van der Waals surface area (Å²) in [6.45, 7) is 0.0577. The molecule has 3 rings (SSSR count). The fraction of sp³-hybridized carbons (Fsp3) is 0.556. The van der Waals surface area contributed by atoms with Crippen molar-refractivity contribution in [3.63, 3.8) is 0 Å². The second-order valence-corrected chi connectivity index (χ2v) is 6.51. The molecule has 2 aliphatic carbocycles. The number of rotatable bonds is 4. The van der Waals surface area contributed by atoms with Gasteiger partial charge in [-0.05, 0) is 43.2 Å². The normalized spacial score (nSPS) is 21.4. The van der Waals surface area contributed by atoms with Crippen molar-refractivity contribution in [1.82, 2.24) is 4.90 Å². The number of fused-ring (bicyclic) bond motifs is 1. The van der Waals surface area contributed by atoms with Gasteiger partial charge in [0.05, 0.1) is 12.5 Å². The van der Waals surface area contributed by atoms with E-state index < -0.39 is 5.91 Å². The van der Waals surface area contributed by atoms with E-state index in [1.54, 1.807) is 4.90 Å². The number of carbonyl (C=O) groups is 2. The first-order valence-corrected chi connectivity index (χ1v) is 8.33. The molecule has 1 atom stereocenters. The number of primary amides is 1. The van der Waals surface area contributed by atoms with Gasteiger partial charge in [0.25, 0.3) is 0 Å². The predicted octanol–water partition coefficient (Wildman–Crippen LogP) is 2.36. The van der Waals surface area contributed by atoms with Gasteiger partial charge in [-0.1, -0.05) is 37.1 Å². The van der Waals surface area contributed by atoms with Crippen LogP contribution >= 0.6 is 0 Å². The summed E-state index contributed by atoms with van der Waals surface area (Å²) in [5, 5.41) is 0. The first-order valence-electron chi connectivity index (χ1n) is 8.33. The molecule has 1 aromatic rings. The summed E-state index contributed by atoms with van der Waals surface area (Å²) in [6, 6.07) is 8.40. The minimum absolute atomic E-state index is 0.0577. The standard InChI is InChI=1S/C18H24N2O2/c19-17(21)12-20(14-8-2-3-9-14)18(22)16-11-5-7-13-6-1-4-10-15(13)16/h1,4,6,10,14,16H,2-3,5,7-9,11-12H2,(H2,19,21). The van der Waals surface area contributed by atoms with Gasteiger partial charge in [0, 0.05) is 6.04 Å². The number of aryl methyl sites for hydroxylation is 1. The lowest BCUT2D eigenvalue weighted by atomic mass is 9.82. The van der Waals surface area contributed by atoms with Crippen molar-refractivity contribution in [1.29, 1.82) is 0 Å². The molecule has 1 fully saturated rings. The summed E-state index contributed by atoms with van der Waals surface area (Å²) in [5.41, 5.74) is 7.81. The maximum atomic E-state index is 13.1. The molecule has 1 unspecified atom stereocenters. The fourth-order valence-electron chi connectivity index (χ4n) is 3.98. The Kier molecular flexibility index (Phi) is 4.46. The van der Waals surface area contributed by atoms with Gasteiger partial charge in [0.15, 0.2) is 0 Å². The zero-order chi connectivity index (χ0) is 15.5. The van der Waals surface area contributed by atoms with Crippen molar-refractivity contribution in [3.8, 4) is 0 Å². The Morgan fingerprint density at radius 1 is 1.09 bits per heavy atom. The Morgan fingerprint density at radius 2 is 1.82 bits per heavy atom. The highest BCUT2D eigenvalue weighted by atomic mass is 16.2. The number of hydrogen-bond donors (Lipinski definition) is 1. The van der Waals surface area contributed by atoms with Gasteiger partial charge in [-0.25, -0.2) is 0 Å². The Hall–Kier alpha value is -1.84. The Balaban J connectivity index is 1.85. The van der Waals surface area contributed by atoms with Gasteiger partial charge in [-0.2, -0.15) is 0 Å². The third-order valence-electron chi connectivity index (χ3n) is 5.04. The van der Waals surface area contributed by atoms with E-state index in [2.05, 4.69) is 12.1 Å². The minimum atomic E-state index is -0.413. The molecule has 2 N–H and O–H groups in total. The lowest BCUT2D eigenvalue weighted by Crippen LogP contribution is -2.46. The molecule has 118 valence electrons. The molecule has 0 spiro atoms. The average Bonchev–Trinajstić information content (AvgIpc) is 3.05. The highest BCUT2D eigenvalue weighted by Gasteiger charge is 2.34. The quantitative estimate of drug-likeness (QED) is 0.928. The van der Waals surface area contributed by atoms with Crippen molar-refractivity contribution in [3.05, 3.63) is 35.4 Å². The molecule has 0 saturated heterocycles. The molecule has 1 saturated carbocycles. The van der Waals surface area contributed by atoms with Gasteiger partial charge in [-0.15, -0.1) is 0 Å². The number of carbonyl (C=O) groups excluding carboxylic acids is 2. The molecule has 0 aromatic heterocycles. The molecule has 0 radical (unpaired) electrons. The zero-order valence-corrected chi connectivity index (χ0v) is 13.0. The zero-order valence-electron chi connectivity index (χ0n) is 13.0. The summed E-state index contributed by atoms with van der Waals surface area (Å²) in [6.07, 6.45) is 7.20. The Morgan fingerprint density at radius 3 is 2.55 bits per heavy atom. The summed E-state index contributed by atoms with van der Waals surface area (Å²) >= 11 is 0. The highest BCUT2D eigenvalue weighted by Crippen LogP contribution is 2.34. The van der Waals surface area contributed by atoms with Crippen LogP contribution in [0.4, 0.5) is 0 Å². The van der Waals surface area contributed by atoms with Crippen molar-refractivity contribution >= 4 is 11.8 Å². The van der Waals surface area contributed by atoms with Gasteiger partial charge in [0.1, 0.15) is 0 Å². The van der Waals surface area contributed by atoms with Crippen LogP contribution < -0.4 is 5.73 Å². The van der Waals surface area contributed by atoms with E-state index in [1.165, 1.54) is 5.56 Å². The van der Waals surface area contributed by atoms with E-state index in [0.29, 0.717) is 0 Å². The van der Waals surface area contributed by atoms with E-state index in [-0.39, 0.29) is 24.4 Å². The fourth-order valence-corrected chi connectivity index (χ4v) is 3.98. The van der Waals surface area contributed by atoms with Crippen LogP contribution in [0.5, 0.6) is 0 Å². The molecule has 1 aromatic carbocycles. The third-order valence-corrected chi connectivity index (χ3v) is 5.04. The lowest BCUT2D eigenvalue weighted by Gasteiger charge is -2.34. The first kappa shape index (κ1) is 15.1. The van der Waals surface area contributed by atoms with Crippen molar-refractivity contribution in [2.75, 3.05) is 6.54 Å². The second kappa shape index (κ2) is 6.51.